The van der Waals surface area contributed by atoms with Crippen LogP contribution < -0.4 is 10.2 Å². The van der Waals surface area contributed by atoms with E-state index in [2.05, 4.69) is 5.32 Å². The van der Waals surface area contributed by atoms with Gasteiger partial charge in [0, 0.05) is 10.7 Å². The number of rotatable bonds is 4. The first-order valence-corrected chi connectivity index (χ1v) is 7.01. The van der Waals surface area contributed by atoms with Crippen LogP contribution in [0.4, 0.5) is 5.69 Å². The van der Waals surface area contributed by atoms with Gasteiger partial charge in [-0.2, -0.15) is 0 Å². The lowest BCUT2D eigenvalue weighted by atomic mass is 10.1. The fourth-order valence-corrected chi connectivity index (χ4v) is 2.57. The molecular weight excluding hydrogens is 248 g/mol. The minimum Gasteiger partial charge on any atom is -0.335 e. The summed E-state index contributed by atoms with van der Waals surface area (Å²) in [7, 11) is 0. The van der Waals surface area contributed by atoms with Gasteiger partial charge in [0.15, 0.2) is 0 Å². The summed E-state index contributed by atoms with van der Waals surface area (Å²) in [6, 6.07) is 7.27. The molecule has 0 unspecified atom stereocenters. The van der Waals surface area contributed by atoms with Crippen LogP contribution in [0.5, 0.6) is 0 Å². The van der Waals surface area contributed by atoms with Crippen molar-refractivity contribution in [1.82, 2.24) is 0 Å². The smallest absolute Gasteiger partial charge is 0.230 e. The average Bonchev–Trinajstić information content (AvgIpc) is 2.38. The minimum absolute atomic E-state index is 0.0790. The third-order valence-electron chi connectivity index (χ3n) is 3.37. The minimum atomic E-state index is 0.0790. The Morgan fingerprint density at radius 1 is 1.28 bits per heavy atom. The molecular formula is C14H20ClN2O+. The molecule has 1 aliphatic rings. The first-order valence-electron chi connectivity index (χ1n) is 6.63. The van der Waals surface area contributed by atoms with Crippen LogP contribution in [0.3, 0.4) is 0 Å². The van der Waals surface area contributed by atoms with Crippen molar-refractivity contribution in [2.75, 3.05) is 25.0 Å². The lowest BCUT2D eigenvalue weighted by Gasteiger charge is -2.23. The van der Waals surface area contributed by atoms with Gasteiger partial charge in [-0.3, -0.25) is 4.79 Å². The van der Waals surface area contributed by atoms with E-state index in [0.717, 1.165) is 12.2 Å². The maximum Gasteiger partial charge on any atom is 0.230 e. The molecule has 2 rings (SSSR count). The van der Waals surface area contributed by atoms with Crippen molar-refractivity contribution in [2.45, 2.75) is 25.7 Å². The molecule has 4 heteroatoms. The van der Waals surface area contributed by atoms with Gasteiger partial charge in [-0.1, -0.05) is 17.7 Å². The highest BCUT2D eigenvalue weighted by Gasteiger charge is 2.14. The highest BCUT2D eigenvalue weighted by molar-refractivity contribution is 6.30. The van der Waals surface area contributed by atoms with Crippen LogP contribution in [0.1, 0.15) is 25.7 Å². The summed E-state index contributed by atoms with van der Waals surface area (Å²) >= 11 is 5.87. The van der Waals surface area contributed by atoms with E-state index in [4.69, 9.17) is 11.6 Å². The van der Waals surface area contributed by atoms with Crippen molar-refractivity contribution in [3.8, 4) is 0 Å². The molecule has 0 spiro atoms. The zero-order valence-corrected chi connectivity index (χ0v) is 11.3. The number of piperidine rings is 1. The molecule has 1 aromatic rings. The monoisotopic (exact) mass is 267 g/mol. The maximum atomic E-state index is 11.8. The number of halogens is 1. The Morgan fingerprint density at radius 3 is 2.78 bits per heavy atom. The number of hydrogen-bond acceptors (Lipinski definition) is 1. The molecule has 98 valence electrons. The number of nitrogens with one attached hydrogen (secondary N) is 2. The van der Waals surface area contributed by atoms with Crippen LogP contribution in [0, 0.1) is 0 Å². The van der Waals surface area contributed by atoms with Crippen molar-refractivity contribution in [3.05, 3.63) is 29.3 Å². The van der Waals surface area contributed by atoms with Crippen LogP contribution in [0.2, 0.25) is 5.02 Å². The van der Waals surface area contributed by atoms with E-state index in [1.165, 1.54) is 32.4 Å². The van der Waals surface area contributed by atoms with Gasteiger partial charge in [0.2, 0.25) is 5.91 Å². The molecule has 1 aromatic carbocycles. The second kappa shape index (κ2) is 6.76. The number of amides is 1. The molecule has 1 aliphatic heterocycles. The van der Waals surface area contributed by atoms with Gasteiger partial charge in [-0.25, -0.2) is 0 Å². The Labute approximate surface area is 113 Å². The van der Waals surface area contributed by atoms with E-state index in [1.807, 2.05) is 12.1 Å². The van der Waals surface area contributed by atoms with E-state index < -0.39 is 0 Å². The number of quaternary nitrogens is 1. The Hall–Kier alpha value is -1.06. The Balaban J connectivity index is 1.74. The molecule has 3 nitrogen and oxygen atoms in total. The van der Waals surface area contributed by atoms with E-state index in [0.29, 0.717) is 11.4 Å². The Kier molecular flexibility index (Phi) is 5.02. The van der Waals surface area contributed by atoms with Crippen molar-refractivity contribution >= 4 is 23.2 Å². The van der Waals surface area contributed by atoms with Crippen molar-refractivity contribution in [2.24, 2.45) is 0 Å². The quantitative estimate of drug-likeness (QED) is 0.856. The molecule has 2 N–H and O–H groups in total. The molecule has 1 amide bonds. The molecule has 1 fully saturated rings. The Morgan fingerprint density at radius 2 is 2.06 bits per heavy atom. The molecule has 1 saturated heterocycles. The maximum absolute atomic E-state index is 11.8. The third-order valence-corrected chi connectivity index (χ3v) is 3.61. The van der Waals surface area contributed by atoms with Crippen molar-refractivity contribution < 1.29 is 9.69 Å². The highest BCUT2D eigenvalue weighted by Crippen LogP contribution is 2.14. The molecule has 18 heavy (non-hydrogen) atoms. The van der Waals surface area contributed by atoms with E-state index in [9.17, 15) is 4.79 Å². The van der Waals surface area contributed by atoms with Crippen molar-refractivity contribution in [1.29, 1.82) is 0 Å². The number of likely N-dealkylation sites (tertiary alicyclic amines) is 1. The second-order valence-corrected chi connectivity index (χ2v) is 5.31. The predicted octanol–water partition coefficient (Wildman–Crippen LogP) is 1.74. The summed E-state index contributed by atoms with van der Waals surface area (Å²) in [6.45, 7) is 3.36. The van der Waals surface area contributed by atoms with Gasteiger partial charge < -0.3 is 10.2 Å². The normalized spacial score (nSPS) is 16.5. The summed E-state index contributed by atoms with van der Waals surface area (Å²) in [5.74, 6) is 0.0790. The number of hydrogen-bond donors (Lipinski definition) is 2. The number of carbonyl (C=O) groups excluding carboxylic acids is 1. The zero-order valence-electron chi connectivity index (χ0n) is 10.5. The van der Waals surface area contributed by atoms with E-state index in [-0.39, 0.29) is 5.91 Å². The van der Waals surface area contributed by atoms with Gasteiger partial charge in [0.1, 0.15) is 0 Å². The lowest BCUT2D eigenvalue weighted by molar-refractivity contribution is -0.904. The fraction of sp³-hybridized carbons (Fsp3) is 0.500. The van der Waals surface area contributed by atoms with Crippen LogP contribution in [-0.2, 0) is 4.79 Å². The first-order chi connectivity index (χ1) is 8.74. The molecule has 0 atom stereocenters. The SMILES string of the molecule is O=C(CC[NH+]1CCCCC1)Nc1cccc(Cl)c1. The van der Waals surface area contributed by atoms with Crippen LogP contribution in [0.15, 0.2) is 24.3 Å². The lowest BCUT2D eigenvalue weighted by Crippen LogP contribution is -3.12. The molecule has 0 bridgehead atoms. The number of anilines is 1. The van der Waals surface area contributed by atoms with E-state index in [1.54, 1.807) is 17.0 Å². The molecule has 0 aliphatic carbocycles. The second-order valence-electron chi connectivity index (χ2n) is 4.87. The summed E-state index contributed by atoms with van der Waals surface area (Å²) in [4.78, 5) is 13.4. The van der Waals surface area contributed by atoms with Crippen molar-refractivity contribution in [3.63, 3.8) is 0 Å². The summed E-state index contributed by atoms with van der Waals surface area (Å²) in [6.07, 6.45) is 4.52. The fourth-order valence-electron chi connectivity index (χ4n) is 2.38. The molecule has 1 heterocycles. The van der Waals surface area contributed by atoms with Gasteiger partial charge >= 0.3 is 0 Å². The Bertz CT molecular complexity index is 403. The molecule has 0 saturated carbocycles. The van der Waals surface area contributed by atoms with Crippen LogP contribution in [-0.4, -0.2) is 25.5 Å². The zero-order chi connectivity index (χ0) is 12.8. The standard InChI is InChI=1S/C14H19ClN2O/c15-12-5-4-6-13(11-12)16-14(18)7-10-17-8-2-1-3-9-17/h4-6,11H,1-3,7-10H2,(H,16,18)/p+1. The van der Waals surface area contributed by atoms with Crippen LogP contribution >= 0.6 is 11.6 Å². The number of carbonyl (C=O) groups is 1. The largest absolute Gasteiger partial charge is 0.335 e. The average molecular weight is 268 g/mol. The van der Waals surface area contributed by atoms with Gasteiger partial charge in [0.05, 0.1) is 26.1 Å². The summed E-state index contributed by atoms with van der Waals surface area (Å²) in [5.41, 5.74) is 0.779. The van der Waals surface area contributed by atoms with Crippen LogP contribution in [0.25, 0.3) is 0 Å². The molecule has 0 radical (unpaired) electrons. The highest BCUT2D eigenvalue weighted by atomic mass is 35.5. The first kappa shape index (κ1) is 13.4. The third kappa shape index (κ3) is 4.31. The summed E-state index contributed by atoms with van der Waals surface area (Å²) < 4.78 is 0. The van der Waals surface area contributed by atoms with Gasteiger partial charge in [0.25, 0.3) is 0 Å². The van der Waals surface area contributed by atoms with E-state index >= 15 is 0 Å². The summed E-state index contributed by atoms with van der Waals surface area (Å²) in [5, 5.41) is 3.53. The molecule has 0 aromatic heterocycles. The number of benzene rings is 1. The topological polar surface area (TPSA) is 33.5 Å². The predicted molar refractivity (Wildman–Crippen MR) is 74.1 cm³/mol. The van der Waals surface area contributed by atoms with Gasteiger partial charge in [-0.15, -0.1) is 0 Å². The van der Waals surface area contributed by atoms with Gasteiger partial charge in [-0.05, 0) is 37.5 Å².